The van der Waals surface area contributed by atoms with Crippen LogP contribution in [0.15, 0.2) is 15.8 Å². The first-order valence-corrected chi connectivity index (χ1v) is 7.68. The van der Waals surface area contributed by atoms with Crippen molar-refractivity contribution in [2.75, 3.05) is 13.6 Å². The zero-order chi connectivity index (χ0) is 17.3. The molecule has 0 aliphatic carbocycles. The first kappa shape index (κ1) is 17.1. The normalized spacial score (nSPS) is 18.0. The smallest absolute Gasteiger partial charge is 0.319 e. The molecule has 1 aliphatic heterocycles. The van der Waals surface area contributed by atoms with Gasteiger partial charge >= 0.3 is 6.03 Å². The summed E-state index contributed by atoms with van der Waals surface area (Å²) in [6.45, 7) is 10.1. The molecule has 0 aromatic carbocycles. The molecule has 126 valence electrons. The number of hydrogen-bond donors (Lipinski definition) is 2. The van der Waals surface area contributed by atoms with E-state index in [0.717, 1.165) is 5.56 Å². The van der Waals surface area contributed by atoms with Crippen LogP contribution >= 0.6 is 0 Å². The molecule has 0 unspecified atom stereocenters. The van der Waals surface area contributed by atoms with Crippen LogP contribution in [0.3, 0.4) is 0 Å². The lowest BCUT2D eigenvalue weighted by atomic mass is 9.93. The molecular weight excluding hydrogens is 296 g/mol. The Hall–Kier alpha value is -2.31. The number of carbonyl (C=O) groups excluding carboxylic acids is 2. The van der Waals surface area contributed by atoms with Crippen molar-refractivity contribution < 1.29 is 14.1 Å². The number of amides is 3. The minimum absolute atomic E-state index is 0.117. The van der Waals surface area contributed by atoms with E-state index in [1.54, 1.807) is 32.7 Å². The minimum Gasteiger partial charge on any atom is -0.361 e. The van der Waals surface area contributed by atoms with E-state index >= 15 is 0 Å². The summed E-state index contributed by atoms with van der Waals surface area (Å²) in [5, 5.41) is 9.43. The maximum absolute atomic E-state index is 12.9. The molecule has 1 atom stereocenters. The number of allylic oxidation sites excluding steroid dienone is 1. The van der Waals surface area contributed by atoms with E-state index in [-0.39, 0.29) is 11.9 Å². The van der Waals surface area contributed by atoms with Crippen LogP contribution in [-0.2, 0) is 4.79 Å². The van der Waals surface area contributed by atoms with Crippen molar-refractivity contribution in [3.63, 3.8) is 0 Å². The average molecular weight is 320 g/mol. The van der Waals surface area contributed by atoms with E-state index in [2.05, 4.69) is 29.6 Å². The summed E-state index contributed by atoms with van der Waals surface area (Å²) in [5.41, 5.74) is 2.47. The topological polar surface area (TPSA) is 87.5 Å². The van der Waals surface area contributed by atoms with Crippen LogP contribution < -0.4 is 10.6 Å². The van der Waals surface area contributed by atoms with Crippen LogP contribution in [0.2, 0.25) is 0 Å². The molecule has 1 aromatic heterocycles. The molecule has 2 rings (SSSR count). The molecule has 7 heteroatoms. The van der Waals surface area contributed by atoms with Crippen LogP contribution in [0, 0.1) is 19.8 Å². The lowest BCUT2D eigenvalue weighted by Gasteiger charge is -2.31. The van der Waals surface area contributed by atoms with Gasteiger partial charge in [-0.25, -0.2) is 4.79 Å². The SMILES string of the molecule is CC1=C(C(=O)N(C)CC(C)C)[C@H](c2c(C)noc2C)NC(=O)N1. The Kier molecular flexibility index (Phi) is 4.77. The van der Waals surface area contributed by atoms with E-state index in [0.29, 0.717) is 35.2 Å². The number of aromatic nitrogens is 1. The van der Waals surface area contributed by atoms with Crippen LogP contribution in [0.1, 0.15) is 43.8 Å². The summed E-state index contributed by atoms with van der Waals surface area (Å²) in [6, 6.07) is -0.896. The van der Waals surface area contributed by atoms with Gasteiger partial charge in [-0.05, 0) is 26.7 Å². The molecule has 0 saturated carbocycles. The predicted molar refractivity (Wildman–Crippen MR) is 85.6 cm³/mol. The lowest BCUT2D eigenvalue weighted by Crippen LogP contribution is -2.47. The van der Waals surface area contributed by atoms with Crippen molar-refractivity contribution in [1.82, 2.24) is 20.7 Å². The van der Waals surface area contributed by atoms with Crippen molar-refractivity contribution in [2.24, 2.45) is 5.92 Å². The van der Waals surface area contributed by atoms with E-state index in [9.17, 15) is 9.59 Å². The number of likely N-dealkylation sites (N-methyl/N-ethyl adjacent to an activating group) is 1. The maximum atomic E-state index is 12.9. The Morgan fingerprint density at radius 3 is 2.52 bits per heavy atom. The van der Waals surface area contributed by atoms with Gasteiger partial charge in [-0.2, -0.15) is 0 Å². The summed E-state index contributed by atoms with van der Waals surface area (Å²) < 4.78 is 5.20. The maximum Gasteiger partial charge on any atom is 0.319 e. The van der Waals surface area contributed by atoms with Crippen LogP contribution in [0.4, 0.5) is 4.79 Å². The highest BCUT2D eigenvalue weighted by molar-refractivity contribution is 5.98. The summed E-state index contributed by atoms with van der Waals surface area (Å²) in [5.74, 6) is 0.835. The Balaban J connectivity index is 2.45. The molecule has 0 bridgehead atoms. The average Bonchev–Trinajstić information content (AvgIpc) is 2.75. The molecule has 7 nitrogen and oxygen atoms in total. The molecule has 0 fully saturated rings. The van der Waals surface area contributed by atoms with Gasteiger partial charge in [0.25, 0.3) is 5.91 Å². The van der Waals surface area contributed by atoms with Gasteiger partial charge in [-0.15, -0.1) is 0 Å². The fourth-order valence-electron chi connectivity index (χ4n) is 2.93. The molecule has 2 heterocycles. The van der Waals surface area contributed by atoms with Gasteiger partial charge in [0.1, 0.15) is 5.76 Å². The highest BCUT2D eigenvalue weighted by atomic mass is 16.5. The minimum atomic E-state index is -0.558. The Morgan fingerprint density at radius 2 is 2.00 bits per heavy atom. The van der Waals surface area contributed by atoms with Crippen molar-refractivity contribution >= 4 is 11.9 Å². The van der Waals surface area contributed by atoms with Crippen molar-refractivity contribution in [3.05, 3.63) is 28.3 Å². The first-order valence-electron chi connectivity index (χ1n) is 7.68. The number of carbonyl (C=O) groups is 2. The number of hydrogen-bond acceptors (Lipinski definition) is 4. The van der Waals surface area contributed by atoms with E-state index in [1.165, 1.54) is 0 Å². The second-order valence-electron chi connectivity index (χ2n) is 6.39. The van der Waals surface area contributed by atoms with Crippen molar-refractivity contribution in [1.29, 1.82) is 0 Å². The van der Waals surface area contributed by atoms with Gasteiger partial charge in [0, 0.05) is 24.9 Å². The first-order chi connectivity index (χ1) is 10.7. The number of aryl methyl sites for hydroxylation is 2. The second kappa shape index (κ2) is 6.44. The van der Waals surface area contributed by atoms with Gasteiger partial charge in [0.2, 0.25) is 0 Å². The van der Waals surface area contributed by atoms with Crippen LogP contribution in [0.25, 0.3) is 0 Å². The Bertz CT molecular complexity index is 641. The summed E-state index contributed by atoms with van der Waals surface area (Å²) in [7, 11) is 1.77. The third-order valence-corrected chi connectivity index (χ3v) is 3.86. The van der Waals surface area contributed by atoms with E-state index in [4.69, 9.17) is 4.52 Å². The van der Waals surface area contributed by atoms with E-state index in [1.807, 2.05) is 0 Å². The van der Waals surface area contributed by atoms with Gasteiger partial charge in [-0.1, -0.05) is 19.0 Å². The molecule has 3 amide bonds. The zero-order valence-corrected chi connectivity index (χ0v) is 14.5. The number of nitrogens with one attached hydrogen (secondary N) is 2. The highest BCUT2D eigenvalue weighted by Crippen LogP contribution is 2.32. The van der Waals surface area contributed by atoms with Crippen molar-refractivity contribution in [3.8, 4) is 0 Å². The Morgan fingerprint density at radius 1 is 1.35 bits per heavy atom. The molecule has 2 N–H and O–H groups in total. The molecule has 0 saturated heterocycles. The highest BCUT2D eigenvalue weighted by Gasteiger charge is 2.35. The quantitative estimate of drug-likeness (QED) is 0.888. The number of rotatable bonds is 4. The van der Waals surface area contributed by atoms with Gasteiger partial charge in [0.15, 0.2) is 0 Å². The Labute approximate surface area is 136 Å². The fraction of sp³-hybridized carbons (Fsp3) is 0.562. The van der Waals surface area contributed by atoms with Gasteiger partial charge in [-0.3, -0.25) is 4.79 Å². The molecule has 1 aromatic rings. The molecule has 0 radical (unpaired) electrons. The molecule has 0 spiro atoms. The third kappa shape index (κ3) is 3.38. The lowest BCUT2D eigenvalue weighted by molar-refractivity contribution is -0.126. The summed E-state index contributed by atoms with van der Waals surface area (Å²) >= 11 is 0. The number of nitrogens with zero attached hydrogens (tertiary/aromatic N) is 2. The molecule has 1 aliphatic rings. The monoisotopic (exact) mass is 320 g/mol. The third-order valence-electron chi connectivity index (χ3n) is 3.86. The number of urea groups is 1. The molecular formula is C16H24N4O3. The second-order valence-corrected chi connectivity index (χ2v) is 6.39. The zero-order valence-electron chi connectivity index (χ0n) is 14.5. The van der Waals surface area contributed by atoms with Crippen LogP contribution in [0.5, 0.6) is 0 Å². The van der Waals surface area contributed by atoms with Crippen molar-refractivity contribution in [2.45, 2.75) is 40.7 Å². The fourth-order valence-corrected chi connectivity index (χ4v) is 2.93. The molecule has 23 heavy (non-hydrogen) atoms. The van der Waals surface area contributed by atoms with Crippen LogP contribution in [-0.4, -0.2) is 35.6 Å². The standard InChI is InChI=1S/C16H24N4O3/c1-8(2)7-20(6)15(21)13-9(3)17-16(22)18-14(13)12-10(4)19-23-11(12)5/h8,14H,7H2,1-6H3,(H2,17,18,22)/t14-/m0/s1. The largest absolute Gasteiger partial charge is 0.361 e. The predicted octanol–water partition coefficient (Wildman–Crippen LogP) is 2.03. The summed E-state index contributed by atoms with van der Waals surface area (Å²) in [6.07, 6.45) is 0. The van der Waals surface area contributed by atoms with E-state index < -0.39 is 6.04 Å². The summed E-state index contributed by atoms with van der Waals surface area (Å²) in [4.78, 5) is 26.5. The van der Waals surface area contributed by atoms with Gasteiger partial charge < -0.3 is 20.1 Å². The van der Waals surface area contributed by atoms with Gasteiger partial charge in [0.05, 0.1) is 17.3 Å².